The smallest absolute Gasteiger partial charge is 0.120 e. The fraction of sp³-hybridized carbons (Fsp3) is 0.286. The number of aryl methyl sites for hydroxylation is 2. The summed E-state index contributed by atoms with van der Waals surface area (Å²) in [5.74, 6) is 0.760. The van der Waals surface area contributed by atoms with Gasteiger partial charge in [-0.3, -0.25) is 4.68 Å². The van der Waals surface area contributed by atoms with Gasteiger partial charge in [0.1, 0.15) is 10.7 Å². The van der Waals surface area contributed by atoms with Crippen molar-refractivity contribution >= 4 is 22.9 Å². The molecule has 1 heterocycles. The van der Waals surface area contributed by atoms with Gasteiger partial charge in [0, 0.05) is 42.7 Å². The fourth-order valence-electron chi connectivity index (χ4n) is 2.02. The molecule has 1 aromatic carbocycles. The molecule has 0 atom stereocenters. The molecule has 20 heavy (non-hydrogen) atoms. The highest BCUT2D eigenvalue weighted by Gasteiger charge is 2.08. The summed E-state index contributed by atoms with van der Waals surface area (Å²) in [7, 11) is 3.54. The lowest BCUT2D eigenvalue weighted by Gasteiger charge is -2.12. The van der Waals surface area contributed by atoms with Crippen LogP contribution in [-0.2, 0) is 13.6 Å². The quantitative estimate of drug-likeness (QED) is 0.824. The van der Waals surface area contributed by atoms with Crippen LogP contribution in [0.3, 0.4) is 0 Å². The zero-order valence-corrected chi connectivity index (χ0v) is 12.6. The van der Waals surface area contributed by atoms with E-state index in [0.29, 0.717) is 11.5 Å². The number of aromatic nitrogens is 2. The Morgan fingerprint density at radius 2 is 2.25 bits per heavy atom. The molecule has 0 radical (unpaired) electrons. The van der Waals surface area contributed by atoms with E-state index in [0.717, 1.165) is 28.3 Å². The summed E-state index contributed by atoms with van der Waals surface area (Å²) in [6.07, 6.45) is 1.99. The lowest BCUT2D eigenvalue weighted by molar-refractivity contribution is 0.415. The summed E-state index contributed by atoms with van der Waals surface area (Å²) < 4.78 is 7.03. The predicted octanol–water partition coefficient (Wildman–Crippen LogP) is 1.98. The highest BCUT2D eigenvalue weighted by atomic mass is 32.1. The Morgan fingerprint density at radius 3 is 2.80 bits per heavy atom. The van der Waals surface area contributed by atoms with Crippen molar-refractivity contribution in [1.29, 1.82) is 0 Å². The van der Waals surface area contributed by atoms with Gasteiger partial charge in [0.15, 0.2) is 0 Å². The van der Waals surface area contributed by atoms with Crippen LogP contribution in [-0.4, -0.2) is 21.9 Å². The molecule has 6 heteroatoms. The third kappa shape index (κ3) is 3.08. The lowest BCUT2D eigenvalue weighted by atomic mass is 10.1. The lowest BCUT2D eigenvalue weighted by Crippen LogP contribution is -2.13. The fourth-order valence-corrected chi connectivity index (χ4v) is 2.20. The van der Waals surface area contributed by atoms with Crippen molar-refractivity contribution in [2.75, 3.05) is 12.4 Å². The second-order valence-electron chi connectivity index (χ2n) is 4.54. The molecule has 2 aromatic rings. The van der Waals surface area contributed by atoms with Crippen molar-refractivity contribution in [2.45, 2.75) is 13.5 Å². The van der Waals surface area contributed by atoms with E-state index < -0.39 is 0 Å². The summed E-state index contributed by atoms with van der Waals surface area (Å²) in [5.41, 5.74) is 9.54. The van der Waals surface area contributed by atoms with Crippen LogP contribution in [0.25, 0.3) is 0 Å². The van der Waals surface area contributed by atoms with Crippen LogP contribution in [0.5, 0.6) is 5.75 Å². The van der Waals surface area contributed by atoms with Crippen molar-refractivity contribution in [3.05, 3.63) is 41.2 Å². The first-order chi connectivity index (χ1) is 9.51. The van der Waals surface area contributed by atoms with Gasteiger partial charge in [-0.25, -0.2) is 0 Å². The number of anilines is 1. The number of benzene rings is 1. The van der Waals surface area contributed by atoms with E-state index in [4.69, 9.17) is 22.7 Å². The summed E-state index contributed by atoms with van der Waals surface area (Å²) in [5, 5.41) is 7.66. The number of nitrogens with zero attached hydrogens (tertiary/aromatic N) is 2. The van der Waals surface area contributed by atoms with Crippen LogP contribution in [0.2, 0.25) is 0 Å². The highest BCUT2D eigenvalue weighted by Crippen LogP contribution is 2.23. The highest BCUT2D eigenvalue weighted by molar-refractivity contribution is 7.80. The van der Waals surface area contributed by atoms with Gasteiger partial charge in [-0.05, 0) is 19.1 Å². The van der Waals surface area contributed by atoms with Gasteiger partial charge < -0.3 is 15.8 Å². The molecule has 0 saturated carbocycles. The number of nitrogens with one attached hydrogen (secondary N) is 1. The van der Waals surface area contributed by atoms with Crippen LogP contribution >= 0.6 is 12.2 Å². The SMILES string of the molecule is COc1ccc(C(N)=S)c(NCc2cn(C)nc2C)c1. The van der Waals surface area contributed by atoms with Crippen LogP contribution in [0.4, 0.5) is 5.69 Å². The second kappa shape index (κ2) is 5.92. The number of thiocarbonyl (C=S) groups is 1. The molecule has 0 fully saturated rings. The first-order valence-electron chi connectivity index (χ1n) is 6.22. The first kappa shape index (κ1) is 14.3. The summed E-state index contributed by atoms with van der Waals surface area (Å²) in [4.78, 5) is 0.359. The average Bonchev–Trinajstić information content (AvgIpc) is 2.74. The Hall–Kier alpha value is -2.08. The van der Waals surface area contributed by atoms with Crippen molar-refractivity contribution in [3.63, 3.8) is 0 Å². The molecule has 0 unspecified atom stereocenters. The van der Waals surface area contributed by atoms with E-state index in [1.807, 2.05) is 38.4 Å². The van der Waals surface area contributed by atoms with Gasteiger partial charge in [-0.15, -0.1) is 0 Å². The standard InChI is InChI=1S/C14H18N4OS/c1-9-10(8-18(2)17-9)7-16-13-6-11(19-3)4-5-12(13)14(15)20/h4-6,8,16H,7H2,1-3H3,(H2,15,20). The number of ether oxygens (including phenoxy) is 1. The van der Waals surface area contributed by atoms with Gasteiger partial charge in [0.05, 0.1) is 12.8 Å². The predicted molar refractivity (Wildman–Crippen MR) is 84.2 cm³/mol. The molecule has 5 nitrogen and oxygen atoms in total. The number of hydrogen-bond acceptors (Lipinski definition) is 4. The Balaban J connectivity index is 2.23. The zero-order valence-electron chi connectivity index (χ0n) is 11.8. The Labute approximate surface area is 123 Å². The van der Waals surface area contributed by atoms with Crippen LogP contribution in [0.15, 0.2) is 24.4 Å². The van der Waals surface area contributed by atoms with Gasteiger partial charge in [-0.2, -0.15) is 5.10 Å². The molecule has 106 valence electrons. The van der Waals surface area contributed by atoms with Crippen molar-refractivity contribution in [2.24, 2.45) is 12.8 Å². The summed E-state index contributed by atoms with van der Waals surface area (Å²) in [6.45, 7) is 2.64. The van der Waals surface area contributed by atoms with Crippen molar-refractivity contribution < 1.29 is 4.74 Å². The van der Waals surface area contributed by atoms with Gasteiger partial charge in [0.25, 0.3) is 0 Å². The normalized spacial score (nSPS) is 10.3. The summed E-state index contributed by atoms with van der Waals surface area (Å²) >= 11 is 5.07. The molecule has 0 aliphatic carbocycles. The zero-order chi connectivity index (χ0) is 14.7. The molecule has 0 amide bonds. The van der Waals surface area contributed by atoms with Gasteiger partial charge in [0.2, 0.25) is 0 Å². The average molecular weight is 290 g/mol. The van der Waals surface area contributed by atoms with E-state index >= 15 is 0 Å². The van der Waals surface area contributed by atoms with Crippen LogP contribution < -0.4 is 15.8 Å². The minimum atomic E-state index is 0.359. The summed E-state index contributed by atoms with van der Waals surface area (Å²) in [6, 6.07) is 5.59. The minimum absolute atomic E-state index is 0.359. The Morgan fingerprint density at radius 1 is 1.50 bits per heavy atom. The van der Waals surface area contributed by atoms with E-state index in [1.54, 1.807) is 11.8 Å². The molecular formula is C14H18N4OS. The third-order valence-electron chi connectivity index (χ3n) is 3.08. The molecule has 3 N–H and O–H groups in total. The third-order valence-corrected chi connectivity index (χ3v) is 3.30. The van der Waals surface area contributed by atoms with Crippen molar-refractivity contribution in [3.8, 4) is 5.75 Å². The minimum Gasteiger partial charge on any atom is -0.497 e. The van der Waals surface area contributed by atoms with E-state index in [9.17, 15) is 0 Å². The first-order valence-corrected chi connectivity index (χ1v) is 6.63. The molecule has 0 aliphatic rings. The molecule has 0 aliphatic heterocycles. The number of rotatable bonds is 5. The Kier molecular flexibility index (Phi) is 4.24. The maximum Gasteiger partial charge on any atom is 0.120 e. The molecule has 0 bridgehead atoms. The molecule has 0 saturated heterocycles. The van der Waals surface area contributed by atoms with Crippen LogP contribution in [0, 0.1) is 6.92 Å². The largest absolute Gasteiger partial charge is 0.497 e. The Bertz CT molecular complexity index is 636. The van der Waals surface area contributed by atoms with Crippen molar-refractivity contribution in [1.82, 2.24) is 9.78 Å². The van der Waals surface area contributed by atoms with Gasteiger partial charge >= 0.3 is 0 Å². The number of hydrogen-bond donors (Lipinski definition) is 2. The van der Waals surface area contributed by atoms with Gasteiger partial charge in [-0.1, -0.05) is 12.2 Å². The number of nitrogens with two attached hydrogens (primary N) is 1. The molecular weight excluding hydrogens is 272 g/mol. The van der Waals surface area contributed by atoms with E-state index in [-0.39, 0.29) is 0 Å². The monoisotopic (exact) mass is 290 g/mol. The topological polar surface area (TPSA) is 65.1 Å². The van der Waals surface area contributed by atoms with Crippen LogP contribution in [0.1, 0.15) is 16.8 Å². The molecule has 2 rings (SSSR count). The molecule has 0 spiro atoms. The van der Waals surface area contributed by atoms with E-state index in [1.165, 1.54) is 0 Å². The number of methoxy groups -OCH3 is 1. The second-order valence-corrected chi connectivity index (χ2v) is 4.98. The maximum absolute atomic E-state index is 5.74. The molecule has 1 aromatic heterocycles. The maximum atomic E-state index is 5.74. The van der Waals surface area contributed by atoms with E-state index in [2.05, 4.69) is 10.4 Å².